The molecule has 1 aliphatic rings. The van der Waals surface area contributed by atoms with Gasteiger partial charge in [0.15, 0.2) is 0 Å². The fourth-order valence-corrected chi connectivity index (χ4v) is 1.15. The van der Waals surface area contributed by atoms with E-state index in [9.17, 15) is 4.79 Å². The first-order chi connectivity index (χ1) is 5.84. The quantitative estimate of drug-likeness (QED) is 0.529. The number of carbonyl (C=O) groups excluding carboxylic acids is 1. The van der Waals surface area contributed by atoms with E-state index in [0.717, 1.165) is 26.2 Å². The summed E-state index contributed by atoms with van der Waals surface area (Å²) in [6, 6.07) is 0. The summed E-state index contributed by atoms with van der Waals surface area (Å²) in [6.07, 6.45) is 3.22. The van der Waals surface area contributed by atoms with Gasteiger partial charge < -0.3 is 15.5 Å². The average molecular weight is 169 g/mol. The van der Waals surface area contributed by atoms with E-state index in [0.29, 0.717) is 0 Å². The molecular weight excluding hydrogens is 154 g/mol. The molecule has 0 aromatic carbocycles. The Morgan fingerprint density at radius 1 is 1.50 bits per heavy atom. The van der Waals surface area contributed by atoms with Crippen molar-refractivity contribution >= 4 is 5.91 Å². The normalized spacial score (nSPS) is 18.2. The van der Waals surface area contributed by atoms with E-state index in [1.807, 2.05) is 4.90 Å². The first-order valence-electron chi connectivity index (χ1n) is 4.18. The van der Waals surface area contributed by atoms with Crippen LogP contribution in [0.3, 0.4) is 0 Å². The van der Waals surface area contributed by atoms with Crippen molar-refractivity contribution in [2.75, 3.05) is 33.2 Å². The fraction of sp³-hybridized carbons (Fsp3) is 0.625. The average Bonchev–Trinajstić information content (AvgIpc) is 2.15. The Labute approximate surface area is 72.6 Å². The molecule has 68 valence electrons. The van der Waals surface area contributed by atoms with Crippen molar-refractivity contribution in [2.24, 2.45) is 0 Å². The third-order valence-electron chi connectivity index (χ3n) is 1.82. The molecule has 0 aliphatic carbocycles. The summed E-state index contributed by atoms with van der Waals surface area (Å²) in [5.74, 6) is 0.0888. The van der Waals surface area contributed by atoms with Crippen LogP contribution >= 0.6 is 0 Å². The summed E-state index contributed by atoms with van der Waals surface area (Å²) in [4.78, 5) is 13.2. The number of hydrogen-bond donors (Lipinski definition) is 2. The van der Waals surface area contributed by atoms with Crippen LogP contribution in [0, 0.1) is 0 Å². The minimum absolute atomic E-state index is 0.0888. The maximum atomic E-state index is 11.3. The lowest BCUT2D eigenvalue weighted by molar-refractivity contribution is -0.126. The molecule has 0 saturated carbocycles. The largest absolute Gasteiger partial charge is 0.394 e. The Bertz CT molecular complexity index is 173. The van der Waals surface area contributed by atoms with Crippen LogP contribution in [-0.4, -0.2) is 44.0 Å². The van der Waals surface area contributed by atoms with E-state index in [1.54, 1.807) is 19.3 Å². The second-order valence-electron chi connectivity index (χ2n) is 2.70. The first kappa shape index (κ1) is 9.06. The summed E-state index contributed by atoms with van der Waals surface area (Å²) in [6.45, 7) is 3.43. The van der Waals surface area contributed by atoms with Gasteiger partial charge in [-0.15, -0.1) is 0 Å². The second kappa shape index (κ2) is 4.77. The second-order valence-corrected chi connectivity index (χ2v) is 2.70. The topological polar surface area (TPSA) is 44.4 Å². The van der Waals surface area contributed by atoms with Gasteiger partial charge in [0.2, 0.25) is 5.91 Å². The zero-order chi connectivity index (χ0) is 8.81. The van der Waals surface area contributed by atoms with E-state index >= 15 is 0 Å². The fourth-order valence-electron chi connectivity index (χ4n) is 1.15. The van der Waals surface area contributed by atoms with Crippen LogP contribution in [0.2, 0.25) is 0 Å². The predicted octanol–water partition coefficient (Wildman–Crippen LogP) is -0.849. The summed E-state index contributed by atoms with van der Waals surface area (Å²) in [5, 5.41) is 5.99. The van der Waals surface area contributed by atoms with Crippen molar-refractivity contribution in [3.05, 3.63) is 12.3 Å². The van der Waals surface area contributed by atoms with Gasteiger partial charge >= 0.3 is 0 Å². The third-order valence-corrected chi connectivity index (χ3v) is 1.82. The molecule has 1 aliphatic heterocycles. The van der Waals surface area contributed by atoms with Crippen LogP contribution in [0.1, 0.15) is 0 Å². The van der Waals surface area contributed by atoms with E-state index < -0.39 is 0 Å². The van der Waals surface area contributed by atoms with Crippen molar-refractivity contribution in [1.29, 1.82) is 0 Å². The third kappa shape index (κ3) is 2.54. The highest BCUT2D eigenvalue weighted by Crippen LogP contribution is 1.93. The van der Waals surface area contributed by atoms with Crippen molar-refractivity contribution in [2.45, 2.75) is 0 Å². The molecule has 0 bridgehead atoms. The number of carbonyl (C=O) groups is 1. The highest BCUT2D eigenvalue weighted by molar-refractivity contribution is 5.87. The van der Waals surface area contributed by atoms with Crippen LogP contribution in [-0.2, 0) is 4.79 Å². The Balaban J connectivity index is 2.34. The molecule has 1 heterocycles. The summed E-state index contributed by atoms with van der Waals surface area (Å²) < 4.78 is 0. The highest BCUT2D eigenvalue weighted by atomic mass is 16.2. The molecule has 2 N–H and O–H groups in total. The monoisotopic (exact) mass is 169 g/mol. The molecule has 0 radical (unpaired) electrons. The van der Waals surface area contributed by atoms with Gasteiger partial charge in [-0.05, 0) is 0 Å². The first-order valence-corrected chi connectivity index (χ1v) is 4.18. The lowest BCUT2D eigenvalue weighted by Gasteiger charge is -2.26. The number of nitrogens with one attached hydrogen (secondary N) is 2. The van der Waals surface area contributed by atoms with Gasteiger partial charge in [0.05, 0.1) is 0 Å². The number of nitrogens with zero attached hydrogens (tertiary/aromatic N) is 1. The minimum atomic E-state index is 0.0888. The van der Waals surface area contributed by atoms with Gasteiger partial charge in [-0.2, -0.15) is 0 Å². The van der Waals surface area contributed by atoms with Gasteiger partial charge in [-0.1, -0.05) is 0 Å². The van der Waals surface area contributed by atoms with Gasteiger partial charge in [-0.3, -0.25) is 4.79 Å². The minimum Gasteiger partial charge on any atom is -0.394 e. The lowest BCUT2D eigenvalue weighted by atomic mass is 10.3. The van der Waals surface area contributed by atoms with E-state index in [-0.39, 0.29) is 5.91 Å². The summed E-state index contributed by atoms with van der Waals surface area (Å²) in [5.41, 5.74) is 0. The molecule has 1 rings (SSSR count). The van der Waals surface area contributed by atoms with Gasteiger partial charge in [0.25, 0.3) is 0 Å². The van der Waals surface area contributed by atoms with Gasteiger partial charge in [0.1, 0.15) is 0 Å². The number of piperazine rings is 1. The van der Waals surface area contributed by atoms with Crippen molar-refractivity contribution in [3.8, 4) is 0 Å². The van der Waals surface area contributed by atoms with Crippen LogP contribution in [0.4, 0.5) is 0 Å². The molecule has 0 unspecified atom stereocenters. The molecule has 1 saturated heterocycles. The van der Waals surface area contributed by atoms with Crippen LogP contribution < -0.4 is 10.6 Å². The molecule has 4 nitrogen and oxygen atoms in total. The molecule has 12 heavy (non-hydrogen) atoms. The molecule has 4 heteroatoms. The van der Waals surface area contributed by atoms with Crippen LogP contribution in [0.25, 0.3) is 0 Å². The van der Waals surface area contributed by atoms with E-state index in [2.05, 4.69) is 10.6 Å². The Kier molecular flexibility index (Phi) is 3.60. The van der Waals surface area contributed by atoms with Crippen LogP contribution in [0.5, 0.6) is 0 Å². The molecule has 0 spiro atoms. The molecule has 0 atom stereocenters. The van der Waals surface area contributed by atoms with Gasteiger partial charge in [-0.25, -0.2) is 0 Å². The Morgan fingerprint density at radius 2 is 2.17 bits per heavy atom. The molecule has 1 fully saturated rings. The van der Waals surface area contributed by atoms with Crippen molar-refractivity contribution in [3.63, 3.8) is 0 Å². The van der Waals surface area contributed by atoms with Crippen molar-refractivity contribution < 1.29 is 4.79 Å². The van der Waals surface area contributed by atoms with Crippen LogP contribution in [0.15, 0.2) is 12.3 Å². The molecule has 0 aromatic rings. The van der Waals surface area contributed by atoms with E-state index in [1.165, 1.54) is 0 Å². The number of rotatable bonds is 2. The maximum Gasteiger partial charge on any atom is 0.248 e. The lowest BCUT2D eigenvalue weighted by Crippen LogP contribution is -2.45. The zero-order valence-electron chi connectivity index (χ0n) is 7.34. The Morgan fingerprint density at radius 3 is 2.75 bits per heavy atom. The van der Waals surface area contributed by atoms with E-state index in [4.69, 9.17) is 0 Å². The molecule has 1 amide bonds. The highest BCUT2D eigenvalue weighted by Gasteiger charge is 2.12. The Hall–Kier alpha value is -1.03. The van der Waals surface area contributed by atoms with Crippen molar-refractivity contribution in [1.82, 2.24) is 15.5 Å². The molecular formula is C8H15N3O. The summed E-state index contributed by atoms with van der Waals surface area (Å²) >= 11 is 0. The zero-order valence-corrected chi connectivity index (χ0v) is 7.34. The summed E-state index contributed by atoms with van der Waals surface area (Å²) in [7, 11) is 1.78. The number of hydrogen-bond acceptors (Lipinski definition) is 3. The standard InChI is InChI=1S/C8H15N3O/c1-9-3-2-8(12)11-6-4-10-5-7-11/h2-3,9-10H,4-7H2,1H3/b3-2+. The predicted molar refractivity (Wildman–Crippen MR) is 47.6 cm³/mol. The molecule has 0 aromatic heterocycles. The SMILES string of the molecule is CN/C=C/C(=O)N1CCNCC1. The number of amides is 1. The smallest absolute Gasteiger partial charge is 0.248 e. The van der Waals surface area contributed by atoms with Gasteiger partial charge in [0, 0.05) is 45.5 Å². The maximum absolute atomic E-state index is 11.3.